The molecule has 0 saturated carbocycles. The summed E-state index contributed by atoms with van der Waals surface area (Å²) < 4.78 is 4.88. The van der Waals surface area contributed by atoms with E-state index in [0.29, 0.717) is 25.1 Å². The maximum Gasteiger partial charge on any atom is 0.330 e. The second-order valence-corrected chi connectivity index (χ2v) is 7.88. The predicted molar refractivity (Wildman–Crippen MR) is 116 cm³/mol. The van der Waals surface area contributed by atoms with Gasteiger partial charge in [0.05, 0.1) is 6.61 Å². The lowest BCUT2D eigenvalue weighted by atomic mass is 9.77. The fourth-order valence-electron chi connectivity index (χ4n) is 3.49. The van der Waals surface area contributed by atoms with E-state index in [-0.39, 0.29) is 23.2 Å². The zero-order valence-corrected chi connectivity index (χ0v) is 17.5. The molecule has 6 heteroatoms. The molecule has 30 heavy (non-hydrogen) atoms. The van der Waals surface area contributed by atoms with Crippen LogP contribution >= 0.6 is 0 Å². The number of benzene rings is 2. The first-order valence-electron chi connectivity index (χ1n) is 9.95. The van der Waals surface area contributed by atoms with E-state index in [2.05, 4.69) is 10.6 Å². The van der Waals surface area contributed by atoms with Crippen LogP contribution < -0.4 is 10.6 Å². The Morgan fingerprint density at radius 1 is 1.20 bits per heavy atom. The number of carbonyl (C=O) groups excluding carboxylic acids is 3. The normalized spacial score (nSPS) is 14.7. The number of nitrogens with one attached hydrogen (secondary N) is 2. The van der Waals surface area contributed by atoms with Crippen molar-refractivity contribution in [2.45, 2.75) is 39.2 Å². The van der Waals surface area contributed by atoms with Crippen molar-refractivity contribution in [3.63, 3.8) is 0 Å². The molecule has 3 rings (SSSR count). The fraction of sp³-hybridized carbons (Fsp3) is 0.292. The molecule has 6 nitrogen and oxygen atoms in total. The second-order valence-electron chi connectivity index (χ2n) is 7.88. The van der Waals surface area contributed by atoms with Crippen molar-refractivity contribution in [3.8, 4) is 0 Å². The molecule has 0 atom stereocenters. The molecule has 1 aliphatic heterocycles. The summed E-state index contributed by atoms with van der Waals surface area (Å²) in [5.74, 6) is -0.581. The highest BCUT2D eigenvalue weighted by Gasteiger charge is 2.32. The summed E-state index contributed by atoms with van der Waals surface area (Å²) in [6.07, 6.45) is 3.45. The molecule has 0 aromatic heterocycles. The van der Waals surface area contributed by atoms with E-state index in [4.69, 9.17) is 4.74 Å². The summed E-state index contributed by atoms with van der Waals surface area (Å²) in [5, 5.41) is 5.79. The zero-order chi connectivity index (χ0) is 21.7. The van der Waals surface area contributed by atoms with Gasteiger partial charge in [0, 0.05) is 35.7 Å². The van der Waals surface area contributed by atoms with Gasteiger partial charge in [0.1, 0.15) is 0 Å². The third-order valence-electron chi connectivity index (χ3n) is 4.99. The van der Waals surface area contributed by atoms with Crippen molar-refractivity contribution in [1.29, 1.82) is 0 Å². The number of rotatable bonds is 6. The summed E-state index contributed by atoms with van der Waals surface area (Å²) in [6.45, 7) is 6.45. The molecule has 2 aromatic carbocycles. The Morgan fingerprint density at radius 2 is 2.00 bits per heavy atom. The summed E-state index contributed by atoms with van der Waals surface area (Å²) >= 11 is 0. The molecule has 0 unspecified atom stereocenters. The Labute approximate surface area is 176 Å². The van der Waals surface area contributed by atoms with Gasteiger partial charge in [-0.15, -0.1) is 0 Å². The average Bonchev–Trinajstić information content (AvgIpc) is 2.70. The molecule has 1 aliphatic rings. The SMILES string of the molecule is CCOC(=O)/C=C/c1cccc(CNC(=O)c2ccc3c(c2)C(C)(C)CC(=O)N3)c1. The first kappa shape index (κ1) is 21.3. The largest absolute Gasteiger partial charge is 0.463 e. The van der Waals surface area contributed by atoms with Crippen LogP contribution in [0.3, 0.4) is 0 Å². The van der Waals surface area contributed by atoms with Crippen molar-refractivity contribution in [2.24, 2.45) is 0 Å². The van der Waals surface area contributed by atoms with E-state index < -0.39 is 0 Å². The van der Waals surface area contributed by atoms with Crippen molar-refractivity contribution in [3.05, 3.63) is 70.8 Å². The number of carbonyl (C=O) groups is 3. The third-order valence-corrected chi connectivity index (χ3v) is 4.99. The average molecular weight is 406 g/mol. The molecule has 1 heterocycles. The second kappa shape index (κ2) is 8.95. The van der Waals surface area contributed by atoms with E-state index in [1.807, 2.05) is 44.2 Å². The van der Waals surface area contributed by atoms with Gasteiger partial charge in [0.25, 0.3) is 5.91 Å². The number of hydrogen-bond donors (Lipinski definition) is 2. The molecule has 0 bridgehead atoms. The van der Waals surface area contributed by atoms with Crippen LogP contribution in [0.4, 0.5) is 5.69 Å². The molecular weight excluding hydrogens is 380 g/mol. The van der Waals surface area contributed by atoms with Gasteiger partial charge >= 0.3 is 5.97 Å². The highest BCUT2D eigenvalue weighted by atomic mass is 16.5. The number of esters is 1. The smallest absolute Gasteiger partial charge is 0.330 e. The van der Waals surface area contributed by atoms with Crippen molar-refractivity contribution in [2.75, 3.05) is 11.9 Å². The highest BCUT2D eigenvalue weighted by molar-refractivity contribution is 5.99. The minimum atomic E-state index is -0.386. The molecule has 2 N–H and O–H groups in total. The van der Waals surface area contributed by atoms with Gasteiger partial charge in [-0.25, -0.2) is 4.79 Å². The van der Waals surface area contributed by atoms with Gasteiger partial charge in [0.15, 0.2) is 0 Å². The molecule has 0 radical (unpaired) electrons. The summed E-state index contributed by atoms with van der Waals surface area (Å²) in [5.41, 5.74) is 3.71. The summed E-state index contributed by atoms with van der Waals surface area (Å²) in [6, 6.07) is 12.9. The zero-order valence-electron chi connectivity index (χ0n) is 17.5. The quantitative estimate of drug-likeness (QED) is 0.564. The van der Waals surface area contributed by atoms with Crippen molar-refractivity contribution in [1.82, 2.24) is 5.32 Å². The van der Waals surface area contributed by atoms with Gasteiger partial charge in [-0.3, -0.25) is 9.59 Å². The van der Waals surface area contributed by atoms with E-state index >= 15 is 0 Å². The Kier molecular flexibility index (Phi) is 6.35. The van der Waals surface area contributed by atoms with Gasteiger partial charge < -0.3 is 15.4 Å². The Bertz CT molecular complexity index is 1010. The predicted octanol–water partition coefficient (Wildman–Crippen LogP) is 3.81. The lowest BCUT2D eigenvalue weighted by Gasteiger charge is -2.32. The topological polar surface area (TPSA) is 84.5 Å². The Morgan fingerprint density at radius 3 is 2.77 bits per heavy atom. The standard InChI is InChI=1S/C24H26N2O4/c1-4-30-22(28)11-8-16-6-5-7-17(12-16)15-25-23(29)18-9-10-20-19(13-18)24(2,3)14-21(27)26-20/h5-13H,4,14-15H2,1-3H3,(H,25,29)(H,26,27)/b11-8+. The van der Waals surface area contributed by atoms with Crippen LogP contribution in [-0.2, 0) is 26.3 Å². The Balaban J connectivity index is 1.67. The molecule has 0 fully saturated rings. The van der Waals surface area contributed by atoms with Gasteiger partial charge in [0.2, 0.25) is 5.91 Å². The lowest BCUT2D eigenvalue weighted by molar-refractivity contribution is -0.137. The van der Waals surface area contributed by atoms with Crippen LogP contribution in [0.25, 0.3) is 6.08 Å². The van der Waals surface area contributed by atoms with Gasteiger partial charge in [-0.05, 0) is 54.0 Å². The molecular formula is C24H26N2O4. The van der Waals surface area contributed by atoms with Gasteiger partial charge in [-0.2, -0.15) is 0 Å². The number of hydrogen-bond acceptors (Lipinski definition) is 4. The van der Waals surface area contributed by atoms with Crippen LogP contribution in [0.5, 0.6) is 0 Å². The number of fused-ring (bicyclic) bond motifs is 1. The maximum atomic E-state index is 12.7. The Hall–Kier alpha value is -3.41. The van der Waals surface area contributed by atoms with Crippen LogP contribution in [-0.4, -0.2) is 24.4 Å². The first-order valence-corrected chi connectivity index (χ1v) is 9.95. The minimum absolute atomic E-state index is 0.0124. The van der Waals surface area contributed by atoms with E-state index in [0.717, 1.165) is 22.4 Å². The lowest BCUT2D eigenvalue weighted by Crippen LogP contribution is -2.33. The highest BCUT2D eigenvalue weighted by Crippen LogP contribution is 2.37. The third kappa shape index (κ3) is 5.14. The number of anilines is 1. The first-order chi connectivity index (χ1) is 14.3. The minimum Gasteiger partial charge on any atom is -0.463 e. The molecule has 0 spiro atoms. The molecule has 2 aromatic rings. The fourth-order valence-corrected chi connectivity index (χ4v) is 3.49. The van der Waals surface area contributed by atoms with E-state index in [1.165, 1.54) is 6.08 Å². The van der Waals surface area contributed by atoms with Crippen LogP contribution in [0, 0.1) is 0 Å². The van der Waals surface area contributed by atoms with E-state index in [1.54, 1.807) is 25.1 Å². The number of amides is 2. The molecule has 2 amide bonds. The van der Waals surface area contributed by atoms with Gasteiger partial charge in [-0.1, -0.05) is 32.0 Å². The number of ether oxygens (including phenoxy) is 1. The molecule has 0 aliphatic carbocycles. The molecule has 0 saturated heterocycles. The molecule has 156 valence electrons. The van der Waals surface area contributed by atoms with Crippen LogP contribution in [0.2, 0.25) is 0 Å². The van der Waals surface area contributed by atoms with Crippen LogP contribution in [0.1, 0.15) is 54.2 Å². The van der Waals surface area contributed by atoms with Crippen molar-refractivity contribution >= 4 is 29.5 Å². The monoisotopic (exact) mass is 406 g/mol. The summed E-state index contributed by atoms with van der Waals surface area (Å²) in [4.78, 5) is 36.0. The summed E-state index contributed by atoms with van der Waals surface area (Å²) in [7, 11) is 0. The van der Waals surface area contributed by atoms with E-state index in [9.17, 15) is 14.4 Å². The van der Waals surface area contributed by atoms with Crippen molar-refractivity contribution < 1.29 is 19.1 Å². The van der Waals surface area contributed by atoms with Crippen LogP contribution in [0.15, 0.2) is 48.5 Å². The maximum absolute atomic E-state index is 12.7.